The molecule has 0 fully saturated rings. The fraction of sp³-hybridized carbons (Fsp3) is 0.167. The van der Waals surface area contributed by atoms with Crippen molar-refractivity contribution >= 4 is 23.7 Å². The molecule has 1 aliphatic heterocycles. The summed E-state index contributed by atoms with van der Waals surface area (Å²) < 4.78 is 89.3. The van der Waals surface area contributed by atoms with E-state index in [9.17, 15) is 31.5 Å². The second-order valence-electron chi connectivity index (χ2n) is 7.74. The van der Waals surface area contributed by atoms with Gasteiger partial charge in [-0.05, 0) is 42.3 Å². The molecule has 0 saturated heterocycles. The smallest absolute Gasteiger partial charge is 0.419 e. The number of primary amides is 1. The largest absolute Gasteiger partial charge is 0.493 e. The highest BCUT2D eigenvalue weighted by molar-refractivity contribution is 5.96. The fourth-order valence-electron chi connectivity index (χ4n) is 4.11. The Morgan fingerprint density at radius 3 is 2.40 bits per heavy atom. The number of carbonyl (C=O) groups excluding carboxylic acids is 2. The third kappa shape index (κ3) is 4.41. The molecule has 11 heteroatoms. The SMILES string of the molecule is NC(=O)c1cc(N(C=O)c2c(C3CCOc4cc(F)ccc43)ccc(C(F)(F)F)c2F)ccc1F. The van der Waals surface area contributed by atoms with E-state index < -0.39 is 52.3 Å². The molecule has 2 amide bonds. The summed E-state index contributed by atoms with van der Waals surface area (Å²) in [5.74, 6) is -5.23. The van der Waals surface area contributed by atoms with Crippen LogP contribution in [0.4, 0.5) is 37.7 Å². The van der Waals surface area contributed by atoms with Crippen LogP contribution >= 0.6 is 0 Å². The van der Waals surface area contributed by atoms with E-state index >= 15 is 4.39 Å². The predicted molar refractivity (Wildman–Crippen MR) is 113 cm³/mol. The van der Waals surface area contributed by atoms with Gasteiger partial charge in [0.1, 0.15) is 17.4 Å². The molecule has 0 spiro atoms. The summed E-state index contributed by atoms with van der Waals surface area (Å²) in [5, 5.41) is 0. The van der Waals surface area contributed by atoms with Crippen molar-refractivity contribution in [2.75, 3.05) is 11.5 Å². The third-order valence-corrected chi connectivity index (χ3v) is 5.68. The van der Waals surface area contributed by atoms with Crippen LogP contribution in [-0.2, 0) is 11.0 Å². The lowest BCUT2D eigenvalue weighted by molar-refractivity contribution is -0.140. The standard InChI is InChI=1S/C24H16F6N2O3/c25-12-1-3-15-14(7-8-35-20(15)9-12)16-4-5-18(24(28,29)30)21(27)22(16)32(11-33)13-2-6-19(26)17(10-13)23(31)34/h1-6,9-11,14H,7-8H2,(H2,31,34). The maximum absolute atomic E-state index is 15.5. The van der Waals surface area contributed by atoms with Crippen LogP contribution < -0.4 is 15.4 Å². The Hall–Kier alpha value is -4.02. The Morgan fingerprint density at radius 1 is 1.03 bits per heavy atom. The number of nitrogens with zero attached hydrogens (tertiary/aromatic N) is 1. The number of hydrogen-bond donors (Lipinski definition) is 1. The number of halogens is 6. The summed E-state index contributed by atoms with van der Waals surface area (Å²) in [4.78, 5) is 24.2. The number of nitrogens with two attached hydrogens (primary N) is 1. The molecule has 5 nitrogen and oxygen atoms in total. The molecule has 0 bridgehead atoms. The molecule has 3 aromatic carbocycles. The molecule has 0 saturated carbocycles. The zero-order valence-corrected chi connectivity index (χ0v) is 17.7. The van der Waals surface area contributed by atoms with Gasteiger partial charge < -0.3 is 10.5 Å². The number of fused-ring (bicyclic) bond motifs is 1. The normalized spacial score (nSPS) is 15.2. The van der Waals surface area contributed by atoms with Gasteiger partial charge in [-0.15, -0.1) is 0 Å². The first kappa shape index (κ1) is 24.1. The van der Waals surface area contributed by atoms with E-state index in [0.29, 0.717) is 16.5 Å². The topological polar surface area (TPSA) is 72.6 Å². The van der Waals surface area contributed by atoms with Gasteiger partial charge in [0.25, 0.3) is 5.91 Å². The number of hydrogen-bond acceptors (Lipinski definition) is 3. The van der Waals surface area contributed by atoms with Crippen LogP contribution in [-0.4, -0.2) is 18.9 Å². The van der Waals surface area contributed by atoms with Crippen LogP contribution in [0.3, 0.4) is 0 Å². The predicted octanol–water partition coefficient (Wildman–Crippen LogP) is 5.43. The first-order chi connectivity index (χ1) is 16.5. The van der Waals surface area contributed by atoms with Crippen molar-refractivity contribution in [1.82, 2.24) is 0 Å². The first-order valence-electron chi connectivity index (χ1n) is 10.2. The van der Waals surface area contributed by atoms with Crippen molar-refractivity contribution in [3.63, 3.8) is 0 Å². The van der Waals surface area contributed by atoms with E-state index in [4.69, 9.17) is 10.5 Å². The third-order valence-electron chi connectivity index (χ3n) is 5.68. The summed E-state index contributed by atoms with van der Waals surface area (Å²) in [6.07, 6.45) is -4.87. The molecule has 0 aliphatic carbocycles. The van der Waals surface area contributed by atoms with Crippen molar-refractivity contribution in [2.45, 2.75) is 18.5 Å². The van der Waals surface area contributed by atoms with E-state index in [2.05, 4.69) is 0 Å². The number of amides is 2. The second kappa shape index (κ2) is 8.97. The van der Waals surface area contributed by atoms with Crippen LogP contribution in [0.15, 0.2) is 48.5 Å². The van der Waals surface area contributed by atoms with Crippen LogP contribution in [0.25, 0.3) is 0 Å². The van der Waals surface area contributed by atoms with Gasteiger partial charge in [-0.3, -0.25) is 14.5 Å². The lowest BCUT2D eigenvalue weighted by Crippen LogP contribution is -2.24. The minimum atomic E-state index is -5.09. The maximum Gasteiger partial charge on any atom is 0.419 e. The number of ether oxygens (including phenoxy) is 1. The van der Waals surface area contributed by atoms with Gasteiger partial charge in [0, 0.05) is 23.2 Å². The van der Waals surface area contributed by atoms with Gasteiger partial charge in [0.2, 0.25) is 6.41 Å². The molecule has 2 N–H and O–H groups in total. The van der Waals surface area contributed by atoms with Crippen molar-refractivity contribution < 1.29 is 40.7 Å². The fourth-order valence-corrected chi connectivity index (χ4v) is 4.11. The number of carbonyl (C=O) groups is 2. The summed E-state index contributed by atoms with van der Waals surface area (Å²) in [5.41, 5.74) is 2.17. The number of benzene rings is 3. The average Bonchev–Trinajstić information content (AvgIpc) is 2.79. The lowest BCUT2D eigenvalue weighted by atomic mass is 9.84. The van der Waals surface area contributed by atoms with Gasteiger partial charge in [0.15, 0.2) is 5.82 Å². The minimum absolute atomic E-state index is 0.0243. The molecule has 0 aromatic heterocycles. The highest BCUT2D eigenvalue weighted by Crippen LogP contribution is 2.46. The number of alkyl halides is 3. The van der Waals surface area contributed by atoms with Gasteiger partial charge in [0.05, 0.1) is 23.4 Å². The van der Waals surface area contributed by atoms with E-state index in [1.165, 1.54) is 6.07 Å². The highest BCUT2D eigenvalue weighted by Gasteiger charge is 2.38. The van der Waals surface area contributed by atoms with E-state index in [0.717, 1.165) is 36.4 Å². The van der Waals surface area contributed by atoms with Crippen LogP contribution in [0.1, 0.15) is 39.4 Å². The minimum Gasteiger partial charge on any atom is -0.493 e. The summed E-state index contributed by atoms with van der Waals surface area (Å²) in [6, 6.07) is 7.77. The summed E-state index contributed by atoms with van der Waals surface area (Å²) >= 11 is 0. The number of rotatable bonds is 5. The van der Waals surface area contributed by atoms with E-state index in [-0.39, 0.29) is 36.4 Å². The van der Waals surface area contributed by atoms with Gasteiger partial charge >= 0.3 is 6.18 Å². The van der Waals surface area contributed by atoms with Crippen LogP contribution in [0.5, 0.6) is 5.75 Å². The molecule has 1 heterocycles. The Balaban J connectivity index is 1.98. The van der Waals surface area contributed by atoms with Crippen molar-refractivity contribution in [3.05, 3.63) is 88.2 Å². The summed E-state index contributed by atoms with van der Waals surface area (Å²) in [7, 11) is 0. The zero-order valence-electron chi connectivity index (χ0n) is 17.7. The molecular weight excluding hydrogens is 478 g/mol. The maximum atomic E-state index is 15.5. The molecule has 4 rings (SSSR count). The Kier molecular flexibility index (Phi) is 6.18. The zero-order chi connectivity index (χ0) is 25.5. The van der Waals surface area contributed by atoms with Crippen molar-refractivity contribution in [3.8, 4) is 5.75 Å². The molecule has 1 aliphatic rings. The quantitative estimate of drug-likeness (QED) is 0.380. The Morgan fingerprint density at radius 2 is 1.74 bits per heavy atom. The monoisotopic (exact) mass is 494 g/mol. The highest BCUT2D eigenvalue weighted by atomic mass is 19.4. The molecule has 1 atom stereocenters. The lowest BCUT2D eigenvalue weighted by Gasteiger charge is -2.31. The van der Waals surface area contributed by atoms with Crippen molar-refractivity contribution in [2.24, 2.45) is 5.73 Å². The molecule has 1 unspecified atom stereocenters. The van der Waals surface area contributed by atoms with Gasteiger partial charge in [-0.2, -0.15) is 13.2 Å². The van der Waals surface area contributed by atoms with E-state index in [1.54, 1.807) is 0 Å². The molecular formula is C24H16F6N2O3. The summed E-state index contributed by atoms with van der Waals surface area (Å²) in [6.45, 7) is 0.0483. The molecule has 182 valence electrons. The molecule has 35 heavy (non-hydrogen) atoms. The van der Waals surface area contributed by atoms with Crippen LogP contribution in [0, 0.1) is 17.5 Å². The Bertz CT molecular complexity index is 1330. The Labute approximate surface area is 194 Å². The van der Waals surface area contributed by atoms with Crippen LogP contribution in [0.2, 0.25) is 0 Å². The van der Waals surface area contributed by atoms with Crippen molar-refractivity contribution in [1.29, 1.82) is 0 Å². The first-order valence-corrected chi connectivity index (χ1v) is 10.2. The number of anilines is 2. The second-order valence-corrected chi connectivity index (χ2v) is 7.74. The van der Waals surface area contributed by atoms with E-state index in [1.807, 2.05) is 0 Å². The molecule has 3 aromatic rings. The van der Waals surface area contributed by atoms with Gasteiger partial charge in [-0.25, -0.2) is 13.2 Å². The van der Waals surface area contributed by atoms with Gasteiger partial charge in [-0.1, -0.05) is 12.1 Å². The molecule has 0 radical (unpaired) electrons. The average molecular weight is 494 g/mol.